The Kier molecular flexibility index (Phi) is 3.86. The second-order valence-corrected chi connectivity index (χ2v) is 7.19. The van der Waals surface area contributed by atoms with Gasteiger partial charge in [-0.2, -0.15) is 0 Å². The number of thiazole rings is 1. The molecule has 1 saturated heterocycles. The third-order valence-electron chi connectivity index (χ3n) is 3.52. The SMILES string of the molecule is CN1CCC(c2nc(C3=NOC(I)C3)cs2)CC1. The number of alkyl halides is 1. The first-order chi connectivity index (χ1) is 8.72. The Morgan fingerprint density at radius 3 is 2.89 bits per heavy atom. The van der Waals surface area contributed by atoms with E-state index in [9.17, 15) is 0 Å². The summed E-state index contributed by atoms with van der Waals surface area (Å²) in [5, 5.41) is 7.51. The summed E-state index contributed by atoms with van der Waals surface area (Å²) in [6, 6.07) is 0. The van der Waals surface area contributed by atoms with Gasteiger partial charge < -0.3 is 9.74 Å². The van der Waals surface area contributed by atoms with Gasteiger partial charge >= 0.3 is 0 Å². The van der Waals surface area contributed by atoms with Crippen molar-refractivity contribution in [2.24, 2.45) is 5.16 Å². The van der Waals surface area contributed by atoms with Crippen molar-refractivity contribution in [2.45, 2.75) is 29.3 Å². The van der Waals surface area contributed by atoms with Crippen LogP contribution in [-0.2, 0) is 4.84 Å². The number of hydrogen-bond donors (Lipinski definition) is 0. The number of piperidine rings is 1. The lowest BCUT2D eigenvalue weighted by Crippen LogP contribution is -2.29. The summed E-state index contributed by atoms with van der Waals surface area (Å²) in [5.41, 5.74) is 2.03. The minimum atomic E-state index is 0.172. The maximum absolute atomic E-state index is 5.22. The summed E-state index contributed by atoms with van der Waals surface area (Å²) in [6.45, 7) is 2.36. The van der Waals surface area contributed by atoms with Gasteiger partial charge in [-0.25, -0.2) is 4.98 Å². The van der Waals surface area contributed by atoms with Crippen molar-refractivity contribution in [2.75, 3.05) is 20.1 Å². The van der Waals surface area contributed by atoms with Crippen LogP contribution in [0.5, 0.6) is 0 Å². The second-order valence-electron chi connectivity index (χ2n) is 4.91. The molecule has 0 saturated carbocycles. The van der Waals surface area contributed by atoms with Crippen molar-refractivity contribution in [3.63, 3.8) is 0 Å². The first-order valence-corrected chi connectivity index (χ1v) is 8.36. The third kappa shape index (κ3) is 2.70. The maximum Gasteiger partial charge on any atom is 0.183 e. The molecule has 3 rings (SSSR count). The highest BCUT2D eigenvalue weighted by Crippen LogP contribution is 2.31. The fourth-order valence-electron chi connectivity index (χ4n) is 2.36. The van der Waals surface area contributed by atoms with Gasteiger partial charge in [0.05, 0.1) is 10.7 Å². The Labute approximate surface area is 125 Å². The van der Waals surface area contributed by atoms with Crippen molar-refractivity contribution in [3.05, 3.63) is 16.1 Å². The minimum Gasteiger partial charge on any atom is -0.381 e. The third-order valence-corrected chi connectivity index (χ3v) is 5.19. The fraction of sp³-hybridized carbons (Fsp3) is 0.667. The van der Waals surface area contributed by atoms with Gasteiger partial charge in [-0.1, -0.05) is 5.16 Å². The van der Waals surface area contributed by atoms with E-state index in [0.29, 0.717) is 5.92 Å². The first kappa shape index (κ1) is 12.8. The smallest absolute Gasteiger partial charge is 0.183 e. The van der Waals surface area contributed by atoms with Gasteiger partial charge in [0.25, 0.3) is 0 Å². The van der Waals surface area contributed by atoms with Crippen LogP contribution in [0.2, 0.25) is 0 Å². The summed E-state index contributed by atoms with van der Waals surface area (Å²) in [5.74, 6) is 0.637. The molecule has 18 heavy (non-hydrogen) atoms. The summed E-state index contributed by atoms with van der Waals surface area (Å²) in [4.78, 5) is 12.4. The van der Waals surface area contributed by atoms with Gasteiger partial charge in [-0.15, -0.1) is 11.3 Å². The average Bonchev–Trinajstić information content (AvgIpc) is 2.98. The number of oxime groups is 1. The van der Waals surface area contributed by atoms with Crippen LogP contribution in [0, 0.1) is 0 Å². The lowest BCUT2D eigenvalue weighted by molar-refractivity contribution is 0.159. The highest BCUT2D eigenvalue weighted by atomic mass is 127. The number of aromatic nitrogens is 1. The molecule has 1 unspecified atom stereocenters. The number of nitrogens with zero attached hydrogens (tertiary/aromatic N) is 3. The molecule has 4 nitrogen and oxygen atoms in total. The van der Waals surface area contributed by atoms with Gasteiger partial charge in [-0.3, -0.25) is 0 Å². The number of rotatable bonds is 2. The lowest BCUT2D eigenvalue weighted by atomic mass is 9.98. The molecule has 0 radical (unpaired) electrons. The van der Waals surface area contributed by atoms with Gasteiger partial charge in [0, 0.05) is 17.7 Å². The van der Waals surface area contributed by atoms with Crippen LogP contribution in [0.1, 0.15) is 35.9 Å². The Balaban J connectivity index is 1.70. The van der Waals surface area contributed by atoms with Gasteiger partial charge in [0.2, 0.25) is 0 Å². The van der Waals surface area contributed by atoms with Crippen molar-refractivity contribution in [1.82, 2.24) is 9.88 Å². The molecule has 2 aliphatic heterocycles. The molecule has 1 aromatic rings. The second kappa shape index (κ2) is 5.42. The van der Waals surface area contributed by atoms with Crippen LogP contribution in [0.4, 0.5) is 0 Å². The molecule has 0 bridgehead atoms. The molecule has 0 aliphatic carbocycles. The van der Waals surface area contributed by atoms with Crippen LogP contribution in [0.3, 0.4) is 0 Å². The molecular formula is C12H16IN3OS. The molecule has 2 aliphatic rings. The predicted octanol–water partition coefficient (Wildman–Crippen LogP) is 2.84. The normalized spacial score (nSPS) is 26.1. The summed E-state index contributed by atoms with van der Waals surface area (Å²) in [7, 11) is 2.19. The molecular weight excluding hydrogens is 361 g/mol. The Bertz CT molecular complexity index is 454. The zero-order valence-electron chi connectivity index (χ0n) is 10.3. The Morgan fingerprint density at radius 2 is 2.22 bits per heavy atom. The standard InChI is InChI=1S/C12H16IN3OS/c1-16-4-2-8(3-5-16)12-14-10(7-18-12)9-6-11(13)17-15-9/h7-8,11H,2-6H2,1H3. The van der Waals surface area contributed by atoms with Crippen LogP contribution in [-0.4, -0.2) is 39.8 Å². The Morgan fingerprint density at radius 1 is 1.44 bits per heavy atom. The quantitative estimate of drug-likeness (QED) is 0.588. The average molecular weight is 377 g/mol. The summed E-state index contributed by atoms with van der Waals surface area (Å²) in [6.07, 6.45) is 3.32. The highest BCUT2D eigenvalue weighted by molar-refractivity contribution is 14.1. The van der Waals surface area contributed by atoms with E-state index in [1.807, 2.05) is 0 Å². The van der Waals surface area contributed by atoms with E-state index in [-0.39, 0.29) is 4.11 Å². The zero-order valence-corrected chi connectivity index (χ0v) is 13.3. The molecule has 1 aromatic heterocycles. The van der Waals surface area contributed by atoms with Crippen molar-refractivity contribution in [3.8, 4) is 0 Å². The van der Waals surface area contributed by atoms with Crippen molar-refractivity contribution < 1.29 is 4.84 Å². The molecule has 98 valence electrons. The number of likely N-dealkylation sites (tertiary alicyclic amines) is 1. The van der Waals surface area contributed by atoms with E-state index in [1.165, 1.54) is 30.9 Å². The molecule has 3 heterocycles. The fourth-order valence-corrected chi connectivity index (χ4v) is 3.89. The van der Waals surface area contributed by atoms with Crippen LogP contribution in [0.25, 0.3) is 0 Å². The molecule has 6 heteroatoms. The molecule has 0 N–H and O–H groups in total. The molecule has 0 spiro atoms. The molecule has 1 fully saturated rings. The van der Waals surface area contributed by atoms with E-state index >= 15 is 0 Å². The van der Waals surface area contributed by atoms with Gasteiger partial charge in [0.1, 0.15) is 5.71 Å². The van der Waals surface area contributed by atoms with E-state index in [1.54, 1.807) is 11.3 Å². The van der Waals surface area contributed by atoms with Crippen molar-refractivity contribution >= 4 is 39.6 Å². The molecule has 0 amide bonds. The Hall–Kier alpha value is -0.210. The minimum absolute atomic E-state index is 0.172. The monoisotopic (exact) mass is 377 g/mol. The number of halogens is 1. The largest absolute Gasteiger partial charge is 0.381 e. The van der Waals surface area contributed by atoms with Crippen LogP contribution < -0.4 is 0 Å². The highest BCUT2D eigenvalue weighted by Gasteiger charge is 2.24. The lowest BCUT2D eigenvalue weighted by Gasteiger charge is -2.27. The maximum atomic E-state index is 5.22. The summed E-state index contributed by atoms with van der Waals surface area (Å²) >= 11 is 4.04. The molecule has 1 atom stereocenters. The number of hydrogen-bond acceptors (Lipinski definition) is 5. The predicted molar refractivity (Wildman–Crippen MR) is 81.6 cm³/mol. The van der Waals surface area contributed by atoms with E-state index < -0.39 is 0 Å². The first-order valence-electron chi connectivity index (χ1n) is 6.23. The molecule has 0 aromatic carbocycles. The topological polar surface area (TPSA) is 37.7 Å². The van der Waals surface area contributed by atoms with Crippen LogP contribution >= 0.6 is 33.9 Å². The van der Waals surface area contributed by atoms with E-state index in [0.717, 1.165) is 17.8 Å². The van der Waals surface area contributed by atoms with Crippen LogP contribution in [0.15, 0.2) is 10.5 Å². The van der Waals surface area contributed by atoms with Gasteiger partial charge in [0.15, 0.2) is 4.11 Å². The van der Waals surface area contributed by atoms with Crippen molar-refractivity contribution in [1.29, 1.82) is 0 Å². The van der Waals surface area contributed by atoms with E-state index in [2.05, 4.69) is 45.1 Å². The van der Waals surface area contributed by atoms with Gasteiger partial charge in [-0.05, 0) is 55.6 Å². The zero-order chi connectivity index (χ0) is 12.5. The summed E-state index contributed by atoms with van der Waals surface area (Å²) < 4.78 is 0.172. The van der Waals surface area contributed by atoms with E-state index in [4.69, 9.17) is 9.82 Å².